The third-order valence-corrected chi connectivity index (χ3v) is 5.46. The van der Waals surface area contributed by atoms with E-state index in [1.54, 1.807) is 18.3 Å². The average molecular weight is 367 g/mol. The summed E-state index contributed by atoms with van der Waals surface area (Å²) in [6, 6.07) is 14.4. The molecule has 1 fully saturated rings. The maximum Gasteiger partial charge on any atom is 0.217 e. The number of nitrogens with zero attached hydrogens (tertiary/aromatic N) is 3. The predicted molar refractivity (Wildman–Crippen MR) is 102 cm³/mol. The largest absolute Gasteiger partial charge is 0.352 e. The summed E-state index contributed by atoms with van der Waals surface area (Å²) >= 11 is 1.75. The van der Waals surface area contributed by atoms with Gasteiger partial charge in [0.1, 0.15) is 5.82 Å². The first kappa shape index (κ1) is 16.9. The molecule has 1 saturated heterocycles. The van der Waals surface area contributed by atoms with Crippen LogP contribution in [-0.4, -0.2) is 38.6 Å². The highest BCUT2D eigenvalue weighted by molar-refractivity contribution is 7.09. The lowest BCUT2D eigenvalue weighted by Crippen LogP contribution is -2.35. The highest BCUT2D eigenvalue weighted by atomic mass is 32.1. The highest BCUT2D eigenvalue weighted by Gasteiger charge is 2.35. The molecule has 26 heavy (non-hydrogen) atoms. The molecule has 2 atom stereocenters. The van der Waals surface area contributed by atoms with E-state index in [1.165, 1.54) is 4.88 Å². The molecule has 1 aromatic carbocycles. The van der Waals surface area contributed by atoms with Gasteiger partial charge in [-0.2, -0.15) is 5.10 Å². The molecule has 2 unspecified atom stereocenters. The zero-order valence-electron chi connectivity index (χ0n) is 14.6. The first-order chi connectivity index (χ1) is 12.7. The maximum atomic E-state index is 11.5. The average Bonchev–Trinajstić information content (AvgIpc) is 3.36. The van der Waals surface area contributed by atoms with Crippen molar-refractivity contribution in [3.05, 3.63) is 58.5 Å². The van der Waals surface area contributed by atoms with Crippen LogP contribution in [-0.2, 0) is 11.3 Å². The summed E-state index contributed by atoms with van der Waals surface area (Å²) in [5, 5.41) is 12.7. The fourth-order valence-corrected chi connectivity index (χ4v) is 4.23. The van der Waals surface area contributed by atoms with Gasteiger partial charge < -0.3 is 5.32 Å². The number of hydrogen-bond donors (Lipinski definition) is 2. The van der Waals surface area contributed by atoms with Gasteiger partial charge >= 0.3 is 0 Å². The summed E-state index contributed by atoms with van der Waals surface area (Å²) in [5.41, 5.74) is 0.996. The molecule has 1 amide bonds. The van der Waals surface area contributed by atoms with Crippen LogP contribution in [0.3, 0.4) is 0 Å². The summed E-state index contributed by atoms with van der Waals surface area (Å²) < 4.78 is 0. The number of rotatable bonds is 5. The SMILES string of the molecule is CC(=O)NC1CC(c2nc(-c3ccccc3)n[nH]2)N(Cc2cccs2)C1. The Bertz CT molecular complexity index is 861. The molecule has 0 spiro atoms. The zero-order valence-corrected chi connectivity index (χ0v) is 15.4. The quantitative estimate of drug-likeness (QED) is 0.727. The summed E-state index contributed by atoms with van der Waals surface area (Å²) in [5.74, 6) is 1.57. The Morgan fingerprint density at radius 2 is 2.15 bits per heavy atom. The molecule has 2 N–H and O–H groups in total. The molecule has 1 aliphatic rings. The van der Waals surface area contributed by atoms with Gasteiger partial charge in [-0.1, -0.05) is 36.4 Å². The van der Waals surface area contributed by atoms with Gasteiger partial charge in [-0.3, -0.25) is 14.8 Å². The van der Waals surface area contributed by atoms with Crippen LogP contribution in [0.15, 0.2) is 47.8 Å². The molecule has 2 aromatic heterocycles. The molecule has 3 heterocycles. The van der Waals surface area contributed by atoms with Crippen molar-refractivity contribution >= 4 is 17.2 Å². The number of likely N-dealkylation sites (tertiary alicyclic amines) is 1. The number of nitrogens with one attached hydrogen (secondary N) is 2. The second-order valence-corrected chi connectivity index (χ2v) is 7.60. The van der Waals surface area contributed by atoms with E-state index >= 15 is 0 Å². The second-order valence-electron chi connectivity index (χ2n) is 6.57. The Morgan fingerprint density at radius 1 is 1.31 bits per heavy atom. The minimum atomic E-state index is 0.00858. The van der Waals surface area contributed by atoms with Crippen LogP contribution in [0.5, 0.6) is 0 Å². The molecule has 7 heteroatoms. The Labute approximate surface area is 156 Å². The van der Waals surface area contributed by atoms with E-state index in [4.69, 9.17) is 4.98 Å². The first-order valence-electron chi connectivity index (χ1n) is 8.70. The molecule has 0 radical (unpaired) electrons. The fourth-order valence-electron chi connectivity index (χ4n) is 3.50. The van der Waals surface area contributed by atoms with E-state index in [-0.39, 0.29) is 18.0 Å². The number of aromatic nitrogens is 3. The molecule has 4 rings (SSSR count). The van der Waals surface area contributed by atoms with Crippen LogP contribution >= 0.6 is 11.3 Å². The molecule has 0 bridgehead atoms. The van der Waals surface area contributed by atoms with Crippen LogP contribution in [0.1, 0.15) is 30.1 Å². The number of amides is 1. The normalized spacial score (nSPS) is 20.3. The van der Waals surface area contributed by atoms with Gasteiger partial charge in [0.15, 0.2) is 5.82 Å². The third-order valence-electron chi connectivity index (χ3n) is 4.60. The van der Waals surface area contributed by atoms with Gasteiger partial charge in [-0.05, 0) is 17.9 Å². The molecule has 6 nitrogen and oxygen atoms in total. The number of benzene rings is 1. The number of carbonyl (C=O) groups is 1. The molecule has 3 aromatic rings. The van der Waals surface area contributed by atoms with Gasteiger partial charge in [-0.15, -0.1) is 11.3 Å². The molecule has 0 aliphatic carbocycles. The van der Waals surface area contributed by atoms with Crippen molar-refractivity contribution < 1.29 is 4.79 Å². The fraction of sp³-hybridized carbons (Fsp3) is 0.316. The highest BCUT2D eigenvalue weighted by Crippen LogP contribution is 2.33. The number of hydrogen-bond acceptors (Lipinski definition) is 5. The van der Waals surface area contributed by atoms with E-state index in [0.717, 1.165) is 30.9 Å². The molecular formula is C19H21N5OS. The van der Waals surface area contributed by atoms with Crippen LogP contribution in [0.25, 0.3) is 11.4 Å². The Hall–Kier alpha value is -2.51. The van der Waals surface area contributed by atoms with Crippen molar-refractivity contribution in [2.45, 2.75) is 32.0 Å². The third kappa shape index (κ3) is 3.68. The van der Waals surface area contributed by atoms with Crippen molar-refractivity contribution in [1.82, 2.24) is 25.4 Å². The van der Waals surface area contributed by atoms with Crippen molar-refractivity contribution in [3.8, 4) is 11.4 Å². The monoisotopic (exact) mass is 367 g/mol. The van der Waals surface area contributed by atoms with Gasteiger partial charge in [0.25, 0.3) is 0 Å². The van der Waals surface area contributed by atoms with Crippen LogP contribution < -0.4 is 5.32 Å². The topological polar surface area (TPSA) is 73.9 Å². The first-order valence-corrected chi connectivity index (χ1v) is 9.58. The number of thiophene rings is 1. The zero-order chi connectivity index (χ0) is 17.9. The van der Waals surface area contributed by atoms with Crippen molar-refractivity contribution in [3.63, 3.8) is 0 Å². The predicted octanol–water partition coefficient (Wildman–Crippen LogP) is 2.98. The molecule has 1 aliphatic heterocycles. The van der Waals surface area contributed by atoms with Gasteiger partial charge in [0.2, 0.25) is 5.91 Å². The minimum Gasteiger partial charge on any atom is -0.352 e. The van der Waals surface area contributed by atoms with E-state index in [1.807, 2.05) is 30.3 Å². The lowest BCUT2D eigenvalue weighted by atomic mass is 10.1. The van der Waals surface area contributed by atoms with Crippen molar-refractivity contribution in [2.24, 2.45) is 0 Å². The standard InChI is InChI=1S/C19H21N5OS/c1-13(25)20-15-10-17(24(11-15)12-16-8-5-9-26-16)19-21-18(22-23-19)14-6-3-2-4-7-14/h2-9,15,17H,10-12H2,1H3,(H,20,25)(H,21,22,23). The Kier molecular flexibility index (Phi) is 4.81. The molecule has 0 saturated carbocycles. The van der Waals surface area contributed by atoms with Crippen LogP contribution in [0.4, 0.5) is 0 Å². The van der Waals surface area contributed by atoms with Gasteiger partial charge in [0, 0.05) is 36.5 Å². The summed E-state index contributed by atoms with van der Waals surface area (Å²) in [4.78, 5) is 19.9. The van der Waals surface area contributed by atoms with Gasteiger partial charge in [-0.25, -0.2) is 4.98 Å². The molecular weight excluding hydrogens is 346 g/mol. The second kappa shape index (κ2) is 7.39. The number of carbonyl (C=O) groups excluding carboxylic acids is 1. The van der Waals surface area contributed by atoms with Crippen molar-refractivity contribution in [1.29, 1.82) is 0 Å². The van der Waals surface area contributed by atoms with Crippen molar-refractivity contribution in [2.75, 3.05) is 6.54 Å². The Morgan fingerprint density at radius 3 is 2.88 bits per heavy atom. The van der Waals surface area contributed by atoms with Crippen LogP contribution in [0, 0.1) is 0 Å². The Balaban J connectivity index is 1.57. The summed E-state index contributed by atoms with van der Waals surface area (Å²) in [6.45, 7) is 3.22. The lowest BCUT2D eigenvalue weighted by Gasteiger charge is -2.21. The number of aromatic amines is 1. The number of H-pyrrole nitrogens is 1. The summed E-state index contributed by atoms with van der Waals surface area (Å²) in [7, 11) is 0. The lowest BCUT2D eigenvalue weighted by molar-refractivity contribution is -0.119. The van der Waals surface area contributed by atoms with E-state index < -0.39 is 0 Å². The summed E-state index contributed by atoms with van der Waals surface area (Å²) in [6.07, 6.45) is 0.828. The minimum absolute atomic E-state index is 0.00858. The maximum absolute atomic E-state index is 11.5. The van der Waals surface area contributed by atoms with E-state index in [9.17, 15) is 4.79 Å². The van der Waals surface area contributed by atoms with E-state index in [0.29, 0.717) is 5.82 Å². The van der Waals surface area contributed by atoms with Gasteiger partial charge in [0.05, 0.1) is 6.04 Å². The molecule has 134 valence electrons. The van der Waals surface area contributed by atoms with E-state index in [2.05, 4.69) is 37.9 Å². The van der Waals surface area contributed by atoms with Crippen LogP contribution in [0.2, 0.25) is 0 Å². The smallest absolute Gasteiger partial charge is 0.217 e.